The van der Waals surface area contributed by atoms with Crippen LogP contribution in [0.4, 0.5) is 4.39 Å². The summed E-state index contributed by atoms with van der Waals surface area (Å²) < 4.78 is 14.3. The highest BCUT2D eigenvalue weighted by Crippen LogP contribution is 2.41. The van der Waals surface area contributed by atoms with Crippen LogP contribution < -0.4 is 5.32 Å². The molecule has 2 aliphatic rings. The number of hydrogen-bond acceptors (Lipinski definition) is 2. The van der Waals surface area contributed by atoms with Gasteiger partial charge in [-0.3, -0.25) is 4.90 Å². The largest absolute Gasteiger partial charge is 0.308 e. The molecule has 0 spiro atoms. The van der Waals surface area contributed by atoms with Gasteiger partial charge in [-0.05, 0) is 56.4 Å². The molecule has 1 saturated carbocycles. The van der Waals surface area contributed by atoms with Crippen LogP contribution in [0.2, 0.25) is 0 Å². The molecule has 0 bridgehead atoms. The molecule has 1 saturated heterocycles. The SMILES string of the molecule is CC1CNC(C)(C2CC2)CN1Cc1cc(F)cc(Br)c1. The lowest BCUT2D eigenvalue weighted by Crippen LogP contribution is -2.62. The average molecular weight is 341 g/mol. The van der Waals surface area contributed by atoms with Crippen molar-refractivity contribution < 1.29 is 4.39 Å². The van der Waals surface area contributed by atoms with E-state index < -0.39 is 0 Å². The third-order valence-corrected chi connectivity index (χ3v) is 5.20. The number of benzene rings is 1. The second kappa shape index (κ2) is 5.39. The molecule has 0 aromatic heterocycles. The number of nitrogens with zero attached hydrogens (tertiary/aromatic N) is 1. The molecule has 1 aromatic rings. The van der Waals surface area contributed by atoms with Crippen LogP contribution in [0.25, 0.3) is 0 Å². The maximum absolute atomic E-state index is 13.5. The van der Waals surface area contributed by atoms with E-state index in [1.165, 1.54) is 18.9 Å². The van der Waals surface area contributed by atoms with E-state index in [2.05, 4.69) is 40.0 Å². The minimum atomic E-state index is -0.165. The van der Waals surface area contributed by atoms with Gasteiger partial charge in [-0.15, -0.1) is 0 Å². The van der Waals surface area contributed by atoms with Crippen molar-refractivity contribution in [2.24, 2.45) is 5.92 Å². The topological polar surface area (TPSA) is 15.3 Å². The average Bonchev–Trinajstić information content (AvgIpc) is 3.17. The first kappa shape index (κ1) is 14.5. The molecule has 1 aliphatic carbocycles. The molecule has 0 radical (unpaired) electrons. The molecule has 1 aliphatic heterocycles. The first-order chi connectivity index (χ1) is 9.46. The lowest BCUT2D eigenvalue weighted by molar-refractivity contribution is 0.0769. The standard InChI is InChI=1S/C16H22BrFN2/c1-11-8-19-16(2,13-3-4-13)10-20(11)9-12-5-14(17)7-15(18)6-12/h5-7,11,13,19H,3-4,8-10H2,1-2H3. The van der Waals surface area contributed by atoms with E-state index in [0.29, 0.717) is 6.04 Å². The van der Waals surface area contributed by atoms with Crippen molar-refractivity contribution in [1.29, 1.82) is 0 Å². The van der Waals surface area contributed by atoms with Gasteiger partial charge in [0.05, 0.1) is 0 Å². The Bertz CT molecular complexity index is 483. The molecule has 20 heavy (non-hydrogen) atoms. The number of piperazine rings is 1. The Balaban J connectivity index is 1.74. The summed E-state index contributed by atoms with van der Waals surface area (Å²) >= 11 is 3.38. The van der Waals surface area contributed by atoms with E-state index in [1.54, 1.807) is 6.07 Å². The van der Waals surface area contributed by atoms with Gasteiger partial charge < -0.3 is 5.32 Å². The van der Waals surface area contributed by atoms with Crippen LogP contribution in [0.5, 0.6) is 0 Å². The van der Waals surface area contributed by atoms with Gasteiger partial charge in [0.25, 0.3) is 0 Å². The lowest BCUT2D eigenvalue weighted by Gasteiger charge is -2.45. The fourth-order valence-corrected chi connectivity index (χ4v) is 3.80. The summed E-state index contributed by atoms with van der Waals surface area (Å²) in [6.07, 6.45) is 2.69. The Morgan fingerprint density at radius 1 is 1.40 bits per heavy atom. The molecule has 0 amide bonds. The Hall–Kier alpha value is -0.450. The van der Waals surface area contributed by atoms with Crippen LogP contribution in [-0.4, -0.2) is 29.6 Å². The molecule has 2 unspecified atom stereocenters. The van der Waals surface area contributed by atoms with Crippen molar-refractivity contribution in [3.8, 4) is 0 Å². The highest BCUT2D eigenvalue weighted by molar-refractivity contribution is 9.10. The molecule has 2 fully saturated rings. The van der Waals surface area contributed by atoms with Crippen LogP contribution >= 0.6 is 15.9 Å². The maximum Gasteiger partial charge on any atom is 0.124 e. The van der Waals surface area contributed by atoms with Gasteiger partial charge in [0.1, 0.15) is 5.82 Å². The predicted molar refractivity (Wildman–Crippen MR) is 83.1 cm³/mol. The van der Waals surface area contributed by atoms with Gasteiger partial charge in [-0.25, -0.2) is 4.39 Å². The van der Waals surface area contributed by atoms with E-state index >= 15 is 0 Å². The fourth-order valence-electron chi connectivity index (χ4n) is 3.29. The van der Waals surface area contributed by atoms with Gasteiger partial charge in [-0.2, -0.15) is 0 Å². The third-order valence-electron chi connectivity index (χ3n) is 4.74. The summed E-state index contributed by atoms with van der Waals surface area (Å²) in [5, 5.41) is 3.72. The third kappa shape index (κ3) is 3.07. The summed E-state index contributed by atoms with van der Waals surface area (Å²) in [6, 6.07) is 5.67. The fraction of sp³-hybridized carbons (Fsp3) is 0.625. The minimum absolute atomic E-state index is 0.165. The minimum Gasteiger partial charge on any atom is -0.308 e. The molecule has 1 heterocycles. The summed E-state index contributed by atoms with van der Waals surface area (Å²) in [7, 11) is 0. The van der Waals surface area contributed by atoms with Crippen molar-refractivity contribution >= 4 is 15.9 Å². The van der Waals surface area contributed by atoms with Crippen molar-refractivity contribution in [3.05, 3.63) is 34.1 Å². The summed E-state index contributed by atoms with van der Waals surface area (Å²) in [5.41, 5.74) is 1.28. The molecule has 2 nitrogen and oxygen atoms in total. The molecular weight excluding hydrogens is 319 g/mol. The van der Waals surface area contributed by atoms with Crippen molar-refractivity contribution in [2.75, 3.05) is 13.1 Å². The molecule has 2 atom stereocenters. The van der Waals surface area contributed by atoms with E-state index in [4.69, 9.17) is 0 Å². The zero-order valence-corrected chi connectivity index (χ0v) is 13.7. The van der Waals surface area contributed by atoms with Gasteiger partial charge in [0.2, 0.25) is 0 Å². The normalized spacial score (nSPS) is 31.5. The molecule has 3 rings (SSSR count). The molecule has 1 aromatic carbocycles. The van der Waals surface area contributed by atoms with E-state index in [9.17, 15) is 4.39 Å². The van der Waals surface area contributed by atoms with Gasteiger partial charge in [0.15, 0.2) is 0 Å². The predicted octanol–water partition coefficient (Wildman–Crippen LogP) is 3.55. The van der Waals surface area contributed by atoms with Crippen LogP contribution in [0.3, 0.4) is 0 Å². The Labute approximate surface area is 128 Å². The monoisotopic (exact) mass is 340 g/mol. The van der Waals surface area contributed by atoms with Gasteiger partial charge >= 0.3 is 0 Å². The Kier molecular flexibility index (Phi) is 3.91. The summed E-state index contributed by atoms with van der Waals surface area (Å²) in [6.45, 7) is 7.47. The van der Waals surface area contributed by atoms with Crippen LogP contribution in [0.1, 0.15) is 32.3 Å². The second-order valence-corrected chi connectivity index (χ2v) is 7.52. The van der Waals surface area contributed by atoms with Crippen molar-refractivity contribution in [1.82, 2.24) is 10.2 Å². The zero-order chi connectivity index (χ0) is 14.3. The highest BCUT2D eigenvalue weighted by atomic mass is 79.9. The first-order valence-electron chi connectivity index (χ1n) is 7.40. The quantitative estimate of drug-likeness (QED) is 0.905. The van der Waals surface area contributed by atoms with Gasteiger partial charge in [-0.1, -0.05) is 15.9 Å². The smallest absolute Gasteiger partial charge is 0.124 e. The summed E-state index contributed by atoms with van der Waals surface area (Å²) in [5.74, 6) is 0.652. The van der Waals surface area contributed by atoms with Crippen LogP contribution in [-0.2, 0) is 6.54 Å². The molecule has 110 valence electrons. The Morgan fingerprint density at radius 3 is 2.80 bits per heavy atom. The van der Waals surface area contributed by atoms with Crippen LogP contribution in [0, 0.1) is 11.7 Å². The number of nitrogens with one attached hydrogen (secondary N) is 1. The van der Waals surface area contributed by atoms with Gasteiger partial charge in [0, 0.05) is 35.7 Å². The van der Waals surface area contributed by atoms with E-state index in [0.717, 1.165) is 35.6 Å². The van der Waals surface area contributed by atoms with E-state index in [-0.39, 0.29) is 11.4 Å². The zero-order valence-electron chi connectivity index (χ0n) is 12.1. The van der Waals surface area contributed by atoms with Crippen LogP contribution in [0.15, 0.2) is 22.7 Å². The molecule has 1 N–H and O–H groups in total. The van der Waals surface area contributed by atoms with E-state index in [1.807, 2.05) is 6.07 Å². The summed E-state index contributed by atoms with van der Waals surface area (Å²) in [4.78, 5) is 2.48. The first-order valence-corrected chi connectivity index (χ1v) is 8.20. The highest BCUT2D eigenvalue weighted by Gasteiger charge is 2.45. The number of hydrogen-bond donors (Lipinski definition) is 1. The number of halogens is 2. The Morgan fingerprint density at radius 2 is 2.15 bits per heavy atom. The van der Waals surface area contributed by atoms with Crippen molar-refractivity contribution in [2.45, 2.75) is 44.8 Å². The second-order valence-electron chi connectivity index (χ2n) is 6.60. The molecular formula is C16H22BrFN2. The lowest BCUT2D eigenvalue weighted by atomic mass is 9.91. The number of rotatable bonds is 3. The molecule has 4 heteroatoms. The van der Waals surface area contributed by atoms with Crippen molar-refractivity contribution in [3.63, 3.8) is 0 Å². The maximum atomic E-state index is 13.5.